The maximum absolute atomic E-state index is 12.7. The van der Waals surface area contributed by atoms with Crippen LogP contribution in [0, 0.1) is 0 Å². The van der Waals surface area contributed by atoms with Crippen LogP contribution in [0.4, 0.5) is 18.9 Å². The van der Waals surface area contributed by atoms with Gasteiger partial charge in [-0.3, -0.25) is 14.8 Å². The molecular formula is C16H14F3N3O3. The molecular weight excluding hydrogens is 339 g/mol. The van der Waals surface area contributed by atoms with Gasteiger partial charge in [0.25, 0.3) is 5.91 Å². The minimum atomic E-state index is -4.60. The lowest BCUT2D eigenvalue weighted by Gasteiger charge is -2.23. The molecule has 2 rings (SSSR count). The summed E-state index contributed by atoms with van der Waals surface area (Å²) < 4.78 is 37.7. The molecule has 0 aliphatic carbocycles. The van der Waals surface area contributed by atoms with Crippen molar-refractivity contribution in [2.75, 3.05) is 11.4 Å². The van der Waals surface area contributed by atoms with Crippen molar-refractivity contribution in [2.24, 2.45) is 0 Å². The standard InChI is InChI=1S/C16H14F3N3O3/c1-2-7-22(12-5-6-20-9-11(12)15(24)25)14(23)10-3-4-13(21-8-10)16(17,18)19/h3-6,8-9H,2,7H2,1H3,(H,24,25). The number of aromatic carboxylic acids is 1. The number of hydrogen-bond acceptors (Lipinski definition) is 4. The lowest BCUT2D eigenvalue weighted by Crippen LogP contribution is -2.33. The zero-order valence-electron chi connectivity index (χ0n) is 13.1. The summed E-state index contributed by atoms with van der Waals surface area (Å²) in [7, 11) is 0. The maximum Gasteiger partial charge on any atom is 0.433 e. The van der Waals surface area contributed by atoms with Crippen LogP contribution in [0.15, 0.2) is 36.8 Å². The van der Waals surface area contributed by atoms with Crippen LogP contribution in [0.2, 0.25) is 0 Å². The SMILES string of the molecule is CCCN(C(=O)c1ccc(C(F)(F)F)nc1)c1ccncc1C(=O)O. The van der Waals surface area contributed by atoms with Crippen LogP contribution in [0.1, 0.15) is 39.8 Å². The Morgan fingerprint density at radius 1 is 1.20 bits per heavy atom. The molecule has 25 heavy (non-hydrogen) atoms. The van der Waals surface area contributed by atoms with Gasteiger partial charge < -0.3 is 10.0 Å². The number of carbonyl (C=O) groups excluding carboxylic acids is 1. The van der Waals surface area contributed by atoms with E-state index in [4.69, 9.17) is 0 Å². The van der Waals surface area contributed by atoms with E-state index in [9.17, 15) is 27.9 Å². The fourth-order valence-electron chi connectivity index (χ4n) is 2.19. The van der Waals surface area contributed by atoms with E-state index in [-0.39, 0.29) is 23.4 Å². The van der Waals surface area contributed by atoms with Crippen LogP contribution in [0.5, 0.6) is 0 Å². The summed E-state index contributed by atoms with van der Waals surface area (Å²) in [5.74, 6) is -1.90. The van der Waals surface area contributed by atoms with Crippen molar-refractivity contribution in [3.8, 4) is 0 Å². The monoisotopic (exact) mass is 353 g/mol. The lowest BCUT2D eigenvalue weighted by molar-refractivity contribution is -0.141. The molecule has 1 N–H and O–H groups in total. The molecule has 6 nitrogen and oxygen atoms in total. The number of nitrogens with zero attached hydrogens (tertiary/aromatic N) is 3. The van der Waals surface area contributed by atoms with Crippen molar-refractivity contribution in [3.63, 3.8) is 0 Å². The molecule has 0 aromatic carbocycles. The predicted octanol–water partition coefficient (Wildman–Crippen LogP) is 3.25. The number of rotatable bonds is 5. The summed E-state index contributed by atoms with van der Waals surface area (Å²) in [5.41, 5.74) is -1.24. The van der Waals surface area contributed by atoms with E-state index in [0.717, 1.165) is 18.5 Å². The molecule has 0 unspecified atom stereocenters. The van der Waals surface area contributed by atoms with Gasteiger partial charge in [-0.2, -0.15) is 13.2 Å². The highest BCUT2D eigenvalue weighted by molar-refractivity contribution is 6.09. The van der Waals surface area contributed by atoms with Crippen LogP contribution in [0.3, 0.4) is 0 Å². The molecule has 9 heteroatoms. The van der Waals surface area contributed by atoms with Gasteiger partial charge in [-0.15, -0.1) is 0 Å². The number of amides is 1. The van der Waals surface area contributed by atoms with E-state index >= 15 is 0 Å². The molecule has 2 aromatic rings. The van der Waals surface area contributed by atoms with Crippen molar-refractivity contribution >= 4 is 17.6 Å². The molecule has 0 saturated carbocycles. The fraction of sp³-hybridized carbons (Fsp3) is 0.250. The first-order chi connectivity index (χ1) is 11.8. The van der Waals surface area contributed by atoms with Crippen molar-refractivity contribution in [2.45, 2.75) is 19.5 Å². The number of anilines is 1. The van der Waals surface area contributed by atoms with Crippen LogP contribution >= 0.6 is 0 Å². The van der Waals surface area contributed by atoms with Gasteiger partial charge in [0, 0.05) is 25.1 Å². The summed E-state index contributed by atoms with van der Waals surface area (Å²) >= 11 is 0. The molecule has 0 aliphatic rings. The van der Waals surface area contributed by atoms with Gasteiger partial charge in [0.05, 0.1) is 11.3 Å². The van der Waals surface area contributed by atoms with Gasteiger partial charge in [-0.05, 0) is 24.6 Å². The third-order valence-electron chi connectivity index (χ3n) is 3.31. The first-order valence-corrected chi connectivity index (χ1v) is 7.28. The zero-order chi connectivity index (χ0) is 18.6. The molecule has 0 atom stereocenters. The highest BCUT2D eigenvalue weighted by Gasteiger charge is 2.32. The quantitative estimate of drug-likeness (QED) is 0.892. The number of halogens is 3. The van der Waals surface area contributed by atoms with Crippen LogP contribution in [0.25, 0.3) is 0 Å². The molecule has 2 heterocycles. The summed E-state index contributed by atoms with van der Waals surface area (Å²) in [6.45, 7) is 1.97. The highest BCUT2D eigenvalue weighted by atomic mass is 19.4. The van der Waals surface area contributed by atoms with Gasteiger partial charge in [-0.1, -0.05) is 6.92 Å². The second-order valence-corrected chi connectivity index (χ2v) is 5.08. The normalized spacial score (nSPS) is 11.2. The summed E-state index contributed by atoms with van der Waals surface area (Å²) in [5, 5.41) is 9.25. The predicted molar refractivity (Wildman–Crippen MR) is 82.4 cm³/mol. The first kappa shape index (κ1) is 18.4. The van der Waals surface area contributed by atoms with Crippen molar-refractivity contribution < 1.29 is 27.9 Å². The molecule has 0 radical (unpaired) electrons. The van der Waals surface area contributed by atoms with Gasteiger partial charge in [0.15, 0.2) is 0 Å². The summed E-state index contributed by atoms with van der Waals surface area (Å²) in [6.07, 6.45) is -0.815. The molecule has 0 spiro atoms. The number of alkyl halides is 3. The number of carboxylic acid groups (broad SMARTS) is 1. The number of hydrogen-bond donors (Lipinski definition) is 1. The van der Waals surface area contributed by atoms with E-state index in [1.165, 1.54) is 17.2 Å². The first-order valence-electron chi connectivity index (χ1n) is 7.28. The minimum absolute atomic E-state index is 0.0744. The Hall–Kier alpha value is -2.97. The second kappa shape index (κ2) is 7.29. The van der Waals surface area contributed by atoms with Crippen molar-refractivity contribution in [1.29, 1.82) is 0 Å². The minimum Gasteiger partial charge on any atom is -0.478 e. The Bertz CT molecular complexity index is 776. The van der Waals surface area contributed by atoms with Crippen molar-refractivity contribution in [1.82, 2.24) is 9.97 Å². The third kappa shape index (κ3) is 4.11. The average Bonchev–Trinajstić information content (AvgIpc) is 2.58. The van der Waals surface area contributed by atoms with Crippen LogP contribution < -0.4 is 4.90 Å². The summed E-state index contributed by atoms with van der Waals surface area (Å²) in [4.78, 5) is 32.2. The Balaban J connectivity index is 2.41. The third-order valence-corrected chi connectivity index (χ3v) is 3.31. The Labute approximate surface area is 140 Å². The lowest BCUT2D eigenvalue weighted by atomic mass is 10.1. The van der Waals surface area contributed by atoms with E-state index < -0.39 is 23.7 Å². The molecule has 0 fully saturated rings. The largest absolute Gasteiger partial charge is 0.478 e. The number of pyridine rings is 2. The maximum atomic E-state index is 12.7. The Kier molecular flexibility index (Phi) is 5.35. The smallest absolute Gasteiger partial charge is 0.433 e. The molecule has 0 bridgehead atoms. The topological polar surface area (TPSA) is 83.4 Å². The van der Waals surface area contributed by atoms with E-state index in [1.54, 1.807) is 6.92 Å². The van der Waals surface area contributed by atoms with Gasteiger partial charge in [-0.25, -0.2) is 4.79 Å². The Morgan fingerprint density at radius 3 is 2.44 bits per heavy atom. The molecule has 1 amide bonds. The average molecular weight is 353 g/mol. The van der Waals surface area contributed by atoms with E-state index in [1.807, 2.05) is 0 Å². The van der Waals surface area contributed by atoms with Gasteiger partial charge in [0.1, 0.15) is 11.3 Å². The molecule has 0 aliphatic heterocycles. The van der Waals surface area contributed by atoms with E-state index in [0.29, 0.717) is 12.5 Å². The molecule has 2 aromatic heterocycles. The summed E-state index contributed by atoms with van der Waals surface area (Å²) in [6, 6.07) is 3.10. The zero-order valence-corrected chi connectivity index (χ0v) is 13.1. The number of carboxylic acids is 1. The number of carbonyl (C=O) groups is 2. The van der Waals surface area contributed by atoms with Gasteiger partial charge in [0.2, 0.25) is 0 Å². The molecule has 132 valence electrons. The van der Waals surface area contributed by atoms with Crippen LogP contribution in [-0.2, 0) is 6.18 Å². The highest BCUT2D eigenvalue weighted by Crippen LogP contribution is 2.28. The Morgan fingerprint density at radius 2 is 1.92 bits per heavy atom. The van der Waals surface area contributed by atoms with Gasteiger partial charge >= 0.3 is 12.1 Å². The second-order valence-electron chi connectivity index (χ2n) is 5.08. The molecule has 0 saturated heterocycles. The number of aromatic nitrogens is 2. The van der Waals surface area contributed by atoms with Crippen molar-refractivity contribution in [3.05, 3.63) is 53.6 Å². The van der Waals surface area contributed by atoms with Crippen LogP contribution in [-0.4, -0.2) is 33.5 Å². The fourth-order valence-corrected chi connectivity index (χ4v) is 2.19. The van der Waals surface area contributed by atoms with E-state index in [2.05, 4.69) is 9.97 Å².